The van der Waals surface area contributed by atoms with E-state index in [1.807, 2.05) is 18.2 Å². The topological polar surface area (TPSA) is 78.4 Å². The molecule has 0 saturated heterocycles. The monoisotopic (exact) mass is 294 g/mol. The van der Waals surface area contributed by atoms with Crippen LogP contribution in [0.1, 0.15) is 5.69 Å². The van der Waals surface area contributed by atoms with E-state index < -0.39 is 10.1 Å². The van der Waals surface area contributed by atoms with Crippen LogP contribution in [0, 0.1) is 0 Å². The third-order valence-electron chi connectivity index (χ3n) is 2.48. The summed E-state index contributed by atoms with van der Waals surface area (Å²) >= 11 is 0. The SMILES string of the molecule is COc1ccccc1-c1nccc(COS(C)(=O)=O)n1. The maximum atomic E-state index is 11.0. The van der Waals surface area contributed by atoms with E-state index >= 15 is 0 Å². The highest BCUT2D eigenvalue weighted by atomic mass is 32.2. The van der Waals surface area contributed by atoms with Crippen molar-refractivity contribution >= 4 is 10.1 Å². The zero-order chi connectivity index (χ0) is 14.6. The number of ether oxygens (including phenoxy) is 1. The molecule has 6 nitrogen and oxygen atoms in total. The van der Waals surface area contributed by atoms with Gasteiger partial charge in [-0.3, -0.25) is 4.18 Å². The van der Waals surface area contributed by atoms with Crippen LogP contribution < -0.4 is 4.74 Å². The number of para-hydroxylation sites is 1. The molecule has 0 aliphatic carbocycles. The highest BCUT2D eigenvalue weighted by molar-refractivity contribution is 7.85. The van der Waals surface area contributed by atoms with Crippen LogP contribution >= 0.6 is 0 Å². The van der Waals surface area contributed by atoms with Gasteiger partial charge in [0.15, 0.2) is 5.82 Å². The van der Waals surface area contributed by atoms with Crippen molar-refractivity contribution in [3.63, 3.8) is 0 Å². The van der Waals surface area contributed by atoms with E-state index in [-0.39, 0.29) is 6.61 Å². The fraction of sp³-hybridized carbons (Fsp3) is 0.231. The maximum absolute atomic E-state index is 11.0. The van der Waals surface area contributed by atoms with Crippen LogP contribution in [0.4, 0.5) is 0 Å². The van der Waals surface area contributed by atoms with E-state index in [0.717, 1.165) is 11.8 Å². The summed E-state index contributed by atoms with van der Waals surface area (Å²) in [5.41, 5.74) is 1.21. The van der Waals surface area contributed by atoms with Crippen molar-refractivity contribution in [3.8, 4) is 17.1 Å². The van der Waals surface area contributed by atoms with Crippen LogP contribution in [0.5, 0.6) is 5.75 Å². The van der Waals surface area contributed by atoms with Gasteiger partial charge in [0.05, 0.1) is 24.6 Å². The number of hydrogen-bond acceptors (Lipinski definition) is 6. The lowest BCUT2D eigenvalue weighted by Crippen LogP contribution is -2.05. The summed E-state index contributed by atoms with van der Waals surface area (Å²) in [4.78, 5) is 8.44. The number of aromatic nitrogens is 2. The third-order valence-corrected chi connectivity index (χ3v) is 3.03. The van der Waals surface area contributed by atoms with Gasteiger partial charge >= 0.3 is 0 Å². The van der Waals surface area contributed by atoms with Crippen molar-refractivity contribution in [2.24, 2.45) is 0 Å². The Morgan fingerprint density at radius 1 is 1.20 bits per heavy atom. The van der Waals surface area contributed by atoms with Gasteiger partial charge in [0.1, 0.15) is 12.4 Å². The molecule has 0 aliphatic rings. The van der Waals surface area contributed by atoms with Crippen molar-refractivity contribution in [2.45, 2.75) is 6.61 Å². The minimum atomic E-state index is -3.50. The molecular formula is C13H14N2O4S. The number of hydrogen-bond donors (Lipinski definition) is 0. The number of nitrogens with zero attached hydrogens (tertiary/aromatic N) is 2. The van der Waals surface area contributed by atoms with Crippen molar-refractivity contribution in [1.29, 1.82) is 0 Å². The summed E-state index contributed by atoms with van der Waals surface area (Å²) < 4.78 is 31.9. The van der Waals surface area contributed by atoms with Crippen molar-refractivity contribution in [2.75, 3.05) is 13.4 Å². The Balaban J connectivity index is 2.30. The number of rotatable bonds is 5. The molecule has 1 aromatic carbocycles. The zero-order valence-corrected chi connectivity index (χ0v) is 11.9. The van der Waals surface area contributed by atoms with Gasteiger partial charge in [0.25, 0.3) is 10.1 Å². The van der Waals surface area contributed by atoms with E-state index in [1.54, 1.807) is 25.4 Å². The molecule has 106 valence electrons. The van der Waals surface area contributed by atoms with Crippen LogP contribution in [0.3, 0.4) is 0 Å². The maximum Gasteiger partial charge on any atom is 0.264 e. The summed E-state index contributed by atoms with van der Waals surface area (Å²) in [7, 11) is -1.93. The van der Waals surface area contributed by atoms with E-state index in [2.05, 4.69) is 9.97 Å². The second kappa shape index (κ2) is 5.98. The van der Waals surface area contributed by atoms with Crippen LogP contribution in [0.15, 0.2) is 36.5 Å². The minimum absolute atomic E-state index is 0.122. The van der Waals surface area contributed by atoms with Gasteiger partial charge in [-0.2, -0.15) is 8.42 Å². The van der Waals surface area contributed by atoms with Crippen molar-refractivity contribution in [3.05, 3.63) is 42.2 Å². The molecule has 0 N–H and O–H groups in total. The highest BCUT2D eigenvalue weighted by Crippen LogP contribution is 2.26. The largest absolute Gasteiger partial charge is 0.496 e. The molecule has 0 fully saturated rings. The quantitative estimate of drug-likeness (QED) is 0.780. The van der Waals surface area contributed by atoms with Crippen molar-refractivity contribution in [1.82, 2.24) is 9.97 Å². The lowest BCUT2D eigenvalue weighted by Gasteiger charge is -2.08. The Labute approximate surface area is 117 Å². The Kier molecular flexibility index (Phi) is 4.31. The summed E-state index contributed by atoms with van der Waals surface area (Å²) in [5.74, 6) is 1.10. The Hall–Kier alpha value is -1.99. The Morgan fingerprint density at radius 3 is 2.65 bits per heavy atom. The Bertz CT molecular complexity index is 701. The summed E-state index contributed by atoms with van der Waals surface area (Å²) in [6.07, 6.45) is 2.55. The van der Waals surface area contributed by atoms with Crippen LogP contribution in [-0.4, -0.2) is 31.8 Å². The third kappa shape index (κ3) is 3.75. The summed E-state index contributed by atoms with van der Waals surface area (Å²) in [6, 6.07) is 8.93. The standard InChI is InChI=1S/C13H14N2O4S/c1-18-12-6-4-3-5-11(12)13-14-8-7-10(15-13)9-19-20(2,16)17/h3-8H,9H2,1-2H3. The highest BCUT2D eigenvalue weighted by Gasteiger charge is 2.09. The van der Waals surface area contributed by atoms with Crippen molar-refractivity contribution < 1.29 is 17.3 Å². The van der Waals surface area contributed by atoms with E-state index in [0.29, 0.717) is 17.3 Å². The minimum Gasteiger partial charge on any atom is -0.496 e. The van der Waals surface area contributed by atoms with E-state index in [9.17, 15) is 8.42 Å². The molecule has 0 radical (unpaired) electrons. The van der Waals surface area contributed by atoms with Crippen LogP contribution in [0.25, 0.3) is 11.4 Å². The molecule has 0 atom stereocenters. The van der Waals surface area contributed by atoms with Gasteiger partial charge in [-0.05, 0) is 18.2 Å². The number of methoxy groups -OCH3 is 1. The molecule has 0 unspecified atom stereocenters. The van der Waals surface area contributed by atoms with Gasteiger partial charge in [0, 0.05) is 6.20 Å². The fourth-order valence-corrected chi connectivity index (χ4v) is 1.94. The predicted molar refractivity (Wildman–Crippen MR) is 73.7 cm³/mol. The molecule has 20 heavy (non-hydrogen) atoms. The molecule has 0 saturated carbocycles. The smallest absolute Gasteiger partial charge is 0.264 e. The van der Waals surface area contributed by atoms with Gasteiger partial charge < -0.3 is 4.74 Å². The molecule has 0 spiro atoms. The lowest BCUT2D eigenvalue weighted by molar-refractivity contribution is 0.307. The molecule has 0 aliphatic heterocycles. The summed E-state index contributed by atoms with van der Waals surface area (Å²) in [6.45, 7) is -0.122. The van der Waals surface area contributed by atoms with Gasteiger partial charge in [0.2, 0.25) is 0 Å². The first kappa shape index (κ1) is 14.4. The lowest BCUT2D eigenvalue weighted by atomic mass is 10.2. The molecule has 1 aromatic heterocycles. The molecule has 7 heteroatoms. The van der Waals surface area contributed by atoms with Gasteiger partial charge in [-0.1, -0.05) is 12.1 Å². The second-order valence-corrected chi connectivity index (χ2v) is 5.68. The predicted octanol–water partition coefficient (Wildman–Crippen LogP) is 1.63. The zero-order valence-electron chi connectivity index (χ0n) is 11.1. The molecule has 0 amide bonds. The first-order valence-electron chi connectivity index (χ1n) is 5.79. The average molecular weight is 294 g/mol. The number of benzene rings is 1. The fourth-order valence-electron chi connectivity index (χ4n) is 1.60. The first-order valence-corrected chi connectivity index (χ1v) is 7.61. The first-order chi connectivity index (χ1) is 9.49. The molecule has 2 rings (SSSR count). The molecule has 0 bridgehead atoms. The van der Waals surface area contributed by atoms with E-state index in [1.165, 1.54) is 0 Å². The second-order valence-electron chi connectivity index (χ2n) is 4.04. The average Bonchev–Trinajstić information content (AvgIpc) is 2.45. The Morgan fingerprint density at radius 2 is 1.95 bits per heavy atom. The molecular weight excluding hydrogens is 280 g/mol. The van der Waals surface area contributed by atoms with Gasteiger partial charge in [-0.25, -0.2) is 9.97 Å². The van der Waals surface area contributed by atoms with E-state index in [4.69, 9.17) is 8.92 Å². The molecule has 2 aromatic rings. The van der Waals surface area contributed by atoms with Gasteiger partial charge in [-0.15, -0.1) is 0 Å². The summed E-state index contributed by atoms with van der Waals surface area (Å²) in [5, 5.41) is 0. The van der Waals surface area contributed by atoms with Crippen LogP contribution in [0.2, 0.25) is 0 Å². The molecule has 1 heterocycles. The van der Waals surface area contributed by atoms with Crippen LogP contribution in [-0.2, 0) is 20.9 Å². The normalized spacial score (nSPS) is 11.3.